The second-order valence-corrected chi connectivity index (χ2v) is 6.99. The standard InChI is InChI=1S/C10H14O5S2/c1-4-9-7-8(2)5-6-10(9)17(13,14)15-16(3,11)12/h5-7H,4H2,1-3H3. The predicted molar refractivity (Wildman–Crippen MR) is 63.7 cm³/mol. The zero-order valence-electron chi connectivity index (χ0n) is 9.80. The fraction of sp³-hybridized carbons (Fsp3) is 0.400. The third kappa shape index (κ3) is 3.79. The Labute approximate surface area is 102 Å². The van der Waals surface area contributed by atoms with Gasteiger partial charge in [-0.1, -0.05) is 24.6 Å². The molecule has 0 spiro atoms. The maximum Gasteiger partial charge on any atom is 0.311 e. The number of benzene rings is 1. The van der Waals surface area contributed by atoms with E-state index in [1.54, 1.807) is 19.1 Å². The SMILES string of the molecule is CCc1cc(C)ccc1S(=O)(=O)OS(C)(=O)=O. The lowest BCUT2D eigenvalue weighted by Gasteiger charge is -2.08. The Hall–Kier alpha value is -0.920. The molecular formula is C10H14O5S2. The molecule has 0 N–H and O–H groups in total. The van der Waals surface area contributed by atoms with Crippen LogP contribution in [0.15, 0.2) is 23.1 Å². The minimum Gasteiger partial charge on any atom is -0.199 e. The summed E-state index contributed by atoms with van der Waals surface area (Å²) in [5, 5.41) is 0. The lowest BCUT2D eigenvalue weighted by atomic mass is 10.1. The Morgan fingerprint density at radius 3 is 2.24 bits per heavy atom. The Morgan fingerprint density at radius 2 is 1.76 bits per heavy atom. The van der Waals surface area contributed by atoms with Crippen LogP contribution in [0.1, 0.15) is 18.1 Å². The maximum absolute atomic E-state index is 11.7. The van der Waals surface area contributed by atoms with E-state index < -0.39 is 20.2 Å². The molecule has 0 saturated carbocycles. The van der Waals surface area contributed by atoms with E-state index >= 15 is 0 Å². The molecule has 5 nitrogen and oxygen atoms in total. The van der Waals surface area contributed by atoms with Crippen LogP contribution in [0, 0.1) is 6.92 Å². The van der Waals surface area contributed by atoms with E-state index in [1.165, 1.54) is 6.07 Å². The zero-order chi connectivity index (χ0) is 13.3. The molecule has 0 unspecified atom stereocenters. The van der Waals surface area contributed by atoms with Gasteiger partial charge < -0.3 is 0 Å². The molecule has 0 aliphatic carbocycles. The van der Waals surface area contributed by atoms with Crippen LogP contribution in [0.3, 0.4) is 0 Å². The predicted octanol–water partition coefficient (Wildman–Crippen LogP) is 1.22. The molecule has 96 valence electrons. The molecule has 0 fully saturated rings. The fourth-order valence-corrected chi connectivity index (χ4v) is 3.78. The molecule has 0 bridgehead atoms. The van der Waals surface area contributed by atoms with Crippen LogP contribution in [0.4, 0.5) is 0 Å². The number of hydrogen-bond acceptors (Lipinski definition) is 5. The van der Waals surface area contributed by atoms with Gasteiger partial charge in [-0.3, -0.25) is 0 Å². The minimum absolute atomic E-state index is 0.101. The van der Waals surface area contributed by atoms with Gasteiger partial charge in [-0.25, -0.2) is 0 Å². The van der Waals surface area contributed by atoms with E-state index in [0.717, 1.165) is 5.56 Å². The quantitative estimate of drug-likeness (QED) is 0.827. The van der Waals surface area contributed by atoms with Crippen molar-refractivity contribution in [3.05, 3.63) is 29.3 Å². The molecule has 1 aromatic rings. The molecule has 1 aromatic carbocycles. The van der Waals surface area contributed by atoms with Crippen molar-refractivity contribution >= 4 is 20.2 Å². The summed E-state index contributed by atoms with van der Waals surface area (Å²) < 4.78 is 49.4. The highest BCUT2D eigenvalue weighted by Crippen LogP contribution is 2.21. The molecular weight excluding hydrogens is 264 g/mol. The van der Waals surface area contributed by atoms with Crippen molar-refractivity contribution in [3.63, 3.8) is 0 Å². The normalized spacial score (nSPS) is 12.6. The first kappa shape index (κ1) is 14.1. The van der Waals surface area contributed by atoms with E-state index in [-0.39, 0.29) is 4.90 Å². The Morgan fingerprint density at radius 1 is 1.18 bits per heavy atom. The Kier molecular flexibility index (Phi) is 3.95. The average molecular weight is 278 g/mol. The van der Waals surface area contributed by atoms with Gasteiger partial charge in [-0.05, 0) is 25.0 Å². The van der Waals surface area contributed by atoms with Crippen molar-refractivity contribution in [2.75, 3.05) is 6.26 Å². The van der Waals surface area contributed by atoms with Crippen molar-refractivity contribution in [2.45, 2.75) is 25.2 Å². The topological polar surface area (TPSA) is 77.5 Å². The van der Waals surface area contributed by atoms with Crippen LogP contribution in [-0.4, -0.2) is 23.1 Å². The summed E-state index contributed by atoms with van der Waals surface area (Å²) in [7, 11) is -8.32. The summed E-state index contributed by atoms with van der Waals surface area (Å²) >= 11 is 0. The second kappa shape index (κ2) is 4.75. The van der Waals surface area contributed by atoms with Gasteiger partial charge >= 0.3 is 10.1 Å². The molecule has 17 heavy (non-hydrogen) atoms. The van der Waals surface area contributed by atoms with Gasteiger partial charge in [0, 0.05) is 0 Å². The average Bonchev–Trinajstić information content (AvgIpc) is 2.13. The van der Waals surface area contributed by atoms with Crippen LogP contribution >= 0.6 is 0 Å². The van der Waals surface area contributed by atoms with Crippen molar-refractivity contribution in [2.24, 2.45) is 0 Å². The first-order chi connectivity index (χ1) is 7.65. The molecule has 0 heterocycles. The van der Waals surface area contributed by atoms with Crippen LogP contribution in [0.25, 0.3) is 0 Å². The molecule has 1 rings (SSSR count). The Balaban J connectivity index is 3.34. The van der Waals surface area contributed by atoms with Crippen molar-refractivity contribution in [3.8, 4) is 0 Å². The van der Waals surface area contributed by atoms with Crippen LogP contribution in [0.5, 0.6) is 0 Å². The number of hydrogen-bond donors (Lipinski definition) is 0. The largest absolute Gasteiger partial charge is 0.311 e. The minimum atomic E-state index is -4.27. The number of aryl methyl sites for hydroxylation is 2. The summed E-state index contributed by atoms with van der Waals surface area (Å²) in [6.07, 6.45) is 1.17. The van der Waals surface area contributed by atoms with Crippen molar-refractivity contribution < 1.29 is 20.5 Å². The third-order valence-corrected chi connectivity index (χ3v) is 4.72. The lowest BCUT2D eigenvalue weighted by molar-refractivity contribution is 0.465. The van der Waals surface area contributed by atoms with Gasteiger partial charge in [0.05, 0.1) is 11.2 Å². The molecule has 7 heteroatoms. The Bertz CT molecular complexity index is 614. The van der Waals surface area contributed by atoms with E-state index in [4.69, 9.17) is 0 Å². The van der Waals surface area contributed by atoms with Crippen LogP contribution in [0.2, 0.25) is 0 Å². The monoisotopic (exact) mass is 278 g/mol. The maximum atomic E-state index is 11.7. The summed E-state index contributed by atoms with van der Waals surface area (Å²) in [4.78, 5) is -0.101. The lowest BCUT2D eigenvalue weighted by Crippen LogP contribution is -2.14. The van der Waals surface area contributed by atoms with Gasteiger partial charge in [-0.15, -0.1) is 3.63 Å². The summed E-state index contributed by atoms with van der Waals surface area (Å²) in [5.74, 6) is 0. The van der Waals surface area contributed by atoms with Gasteiger partial charge in [0.2, 0.25) is 0 Å². The number of rotatable bonds is 4. The van der Waals surface area contributed by atoms with Crippen LogP contribution in [-0.2, 0) is 30.3 Å². The van der Waals surface area contributed by atoms with E-state index in [2.05, 4.69) is 3.63 Å². The second-order valence-electron chi connectivity index (χ2n) is 3.69. The highest BCUT2D eigenvalue weighted by molar-refractivity contribution is 7.99. The van der Waals surface area contributed by atoms with Gasteiger partial charge in [0.15, 0.2) is 0 Å². The first-order valence-corrected chi connectivity index (χ1v) is 8.14. The highest BCUT2D eigenvalue weighted by atomic mass is 32.3. The van der Waals surface area contributed by atoms with E-state index in [0.29, 0.717) is 18.2 Å². The summed E-state index contributed by atoms with van der Waals surface area (Å²) in [5.41, 5.74) is 1.44. The van der Waals surface area contributed by atoms with Crippen LogP contribution < -0.4 is 0 Å². The first-order valence-electron chi connectivity index (χ1n) is 4.91. The molecule has 0 aromatic heterocycles. The van der Waals surface area contributed by atoms with E-state index in [1.807, 2.05) is 6.92 Å². The third-order valence-electron chi connectivity index (χ3n) is 2.08. The molecule has 0 amide bonds. The summed E-state index contributed by atoms with van der Waals surface area (Å²) in [6, 6.07) is 4.64. The van der Waals surface area contributed by atoms with Gasteiger partial charge in [0.1, 0.15) is 0 Å². The van der Waals surface area contributed by atoms with Gasteiger partial charge in [-0.2, -0.15) is 16.8 Å². The van der Waals surface area contributed by atoms with E-state index in [9.17, 15) is 16.8 Å². The smallest absolute Gasteiger partial charge is 0.199 e. The molecule has 0 aliphatic rings. The van der Waals surface area contributed by atoms with Crippen molar-refractivity contribution in [1.82, 2.24) is 0 Å². The molecule has 0 radical (unpaired) electrons. The zero-order valence-corrected chi connectivity index (χ0v) is 11.4. The summed E-state index contributed by atoms with van der Waals surface area (Å²) in [6.45, 7) is 3.61. The van der Waals surface area contributed by atoms with Crippen molar-refractivity contribution in [1.29, 1.82) is 0 Å². The molecule has 0 aliphatic heterocycles. The highest BCUT2D eigenvalue weighted by Gasteiger charge is 2.23. The van der Waals surface area contributed by atoms with Gasteiger partial charge in [0.25, 0.3) is 10.1 Å². The molecule has 0 atom stereocenters. The fourth-order valence-electron chi connectivity index (χ4n) is 1.43. The molecule has 0 saturated heterocycles.